The first-order chi connectivity index (χ1) is 9.58. The fourth-order valence-corrected chi connectivity index (χ4v) is 2.07. The molecule has 1 unspecified atom stereocenters. The van der Waals surface area contributed by atoms with Crippen molar-refractivity contribution in [1.29, 1.82) is 0 Å². The minimum atomic E-state index is -0.588. The van der Waals surface area contributed by atoms with Crippen molar-refractivity contribution in [1.82, 2.24) is 5.32 Å². The third-order valence-electron chi connectivity index (χ3n) is 2.75. The summed E-state index contributed by atoms with van der Waals surface area (Å²) in [6.45, 7) is 1.74. The van der Waals surface area contributed by atoms with E-state index in [1.807, 2.05) is 6.26 Å². The van der Waals surface area contributed by atoms with Crippen molar-refractivity contribution < 1.29 is 14.7 Å². The van der Waals surface area contributed by atoms with Crippen molar-refractivity contribution in [3.8, 4) is 5.75 Å². The molecule has 5 nitrogen and oxygen atoms in total. The van der Waals surface area contributed by atoms with Crippen molar-refractivity contribution in [2.24, 2.45) is 0 Å². The summed E-state index contributed by atoms with van der Waals surface area (Å²) >= 11 is 1.61. The number of hydrogen-bond donors (Lipinski definition) is 3. The number of nitrogens with one attached hydrogen (secondary N) is 2. The van der Waals surface area contributed by atoms with E-state index in [2.05, 4.69) is 10.6 Å². The van der Waals surface area contributed by atoms with Crippen LogP contribution in [-0.4, -0.2) is 35.0 Å². The number of carbonyl (C=O) groups excluding carboxylic acids is 2. The molecule has 0 aliphatic heterocycles. The minimum absolute atomic E-state index is 0.00582. The molecular formula is C14H20N2O3S. The van der Waals surface area contributed by atoms with Gasteiger partial charge in [0, 0.05) is 6.42 Å². The fourth-order valence-electron chi connectivity index (χ4n) is 1.60. The molecule has 0 bridgehead atoms. The zero-order chi connectivity index (χ0) is 15.0. The summed E-state index contributed by atoms with van der Waals surface area (Å²) in [5, 5.41) is 15.0. The Labute approximate surface area is 123 Å². The highest BCUT2D eigenvalue weighted by molar-refractivity contribution is 7.98. The molecule has 0 heterocycles. The quantitative estimate of drug-likeness (QED) is 0.672. The molecule has 110 valence electrons. The highest BCUT2D eigenvalue weighted by Gasteiger charge is 2.20. The Morgan fingerprint density at radius 1 is 1.35 bits per heavy atom. The molecule has 6 heteroatoms. The van der Waals surface area contributed by atoms with Crippen LogP contribution in [0.3, 0.4) is 0 Å². The highest BCUT2D eigenvalue weighted by Crippen LogP contribution is 2.21. The van der Waals surface area contributed by atoms with Gasteiger partial charge in [-0.3, -0.25) is 9.59 Å². The van der Waals surface area contributed by atoms with Crippen LogP contribution >= 0.6 is 11.8 Å². The zero-order valence-corrected chi connectivity index (χ0v) is 12.5. The summed E-state index contributed by atoms with van der Waals surface area (Å²) < 4.78 is 0. The van der Waals surface area contributed by atoms with Crippen LogP contribution < -0.4 is 10.6 Å². The van der Waals surface area contributed by atoms with Crippen molar-refractivity contribution in [2.75, 3.05) is 17.3 Å². The van der Waals surface area contributed by atoms with Gasteiger partial charge in [-0.05, 0) is 30.6 Å². The monoisotopic (exact) mass is 296 g/mol. The summed E-state index contributed by atoms with van der Waals surface area (Å²) in [5.74, 6) is 0.292. The van der Waals surface area contributed by atoms with E-state index in [1.54, 1.807) is 36.9 Å². The summed E-state index contributed by atoms with van der Waals surface area (Å²) in [7, 11) is 0. The molecule has 0 aliphatic carbocycles. The van der Waals surface area contributed by atoms with Gasteiger partial charge in [0.1, 0.15) is 11.8 Å². The molecule has 1 aromatic carbocycles. The number of carbonyl (C=O) groups is 2. The van der Waals surface area contributed by atoms with Crippen LogP contribution in [0.25, 0.3) is 0 Å². The van der Waals surface area contributed by atoms with E-state index < -0.39 is 6.04 Å². The number of rotatable bonds is 7. The third-order valence-corrected chi connectivity index (χ3v) is 3.39. The van der Waals surface area contributed by atoms with Gasteiger partial charge in [-0.2, -0.15) is 11.8 Å². The Kier molecular flexibility index (Phi) is 6.93. The molecule has 1 rings (SSSR count). The van der Waals surface area contributed by atoms with Crippen molar-refractivity contribution in [3.63, 3.8) is 0 Å². The lowest BCUT2D eigenvalue weighted by Crippen LogP contribution is -2.44. The molecule has 3 N–H and O–H groups in total. The number of anilines is 1. The van der Waals surface area contributed by atoms with E-state index in [1.165, 1.54) is 6.07 Å². The number of phenolic OH excluding ortho intramolecular Hbond substituents is 1. The second kappa shape index (κ2) is 8.47. The summed E-state index contributed by atoms with van der Waals surface area (Å²) in [6, 6.07) is 5.92. The van der Waals surface area contributed by atoms with E-state index in [0.29, 0.717) is 18.5 Å². The Hall–Kier alpha value is -1.69. The summed E-state index contributed by atoms with van der Waals surface area (Å²) in [5.41, 5.74) is 0.345. The molecule has 0 saturated heterocycles. The Balaban J connectivity index is 2.71. The SMILES string of the molecule is CCC(=O)NC(CCSC)C(=O)Nc1ccccc1O. The highest BCUT2D eigenvalue weighted by atomic mass is 32.2. The Morgan fingerprint density at radius 2 is 2.05 bits per heavy atom. The molecule has 2 amide bonds. The van der Waals surface area contributed by atoms with Crippen LogP contribution in [0, 0.1) is 0 Å². The minimum Gasteiger partial charge on any atom is -0.506 e. The maximum absolute atomic E-state index is 12.2. The van der Waals surface area contributed by atoms with Gasteiger partial charge < -0.3 is 15.7 Å². The summed E-state index contributed by atoms with van der Waals surface area (Å²) in [6.07, 6.45) is 2.83. The van der Waals surface area contributed by atoms with Crippen LogP contribution in [-0.2, 0) is 9.59 Å². The van der Waals surface area contributed by atoms with Crippen molar-refractivity contribution in [3.05, 3.63) is 24.3 Å². The first kappa shape index (κ1) is 16.4. The zero-order valence-electron chi connectivity index (χ0n) is 11.7. The van der Waals surface area contributed by atoms with Crippen LogP contribution in [0.15, 0.2) is 24.3 Å². The molecule has 1 atom stereocenters. The molecular weight excluding hydrogens is 276 g/mol. The lowest BCUT2D eigenvalue weighted by molar-refractivity contribution is -0.126. The van der Waals surface area contributed by atoms with Crippen molar-refractivity contribution >= 4 is 29.3 Å². The van der Waals surface area contributed by atoms with Crippen LogP contribution in [0.2, 0.25) is 0 Å². The van der Waals surface area contributed by atoms with E-state index >= 15 is 0 Å². The number of thioether (sulfide) groups is 1. The smallest absolute Gasteiger partial charge is 0.247 e. The predicted molar refractivity (Wildman–Crippen MR) is 82.0 cm³/mol. The molecule has 0 fully saturated rings. The Bertz CT molecular complexity index is 465. The van der Waals surface area contributed by atoms with Gasteiger partial charge in [-0.15, -0.1) is 0 Å². The largest absolute Gasteiger partial charge is 0.506 e. The van der Waals surface area contributed by atoms with Crippen LogP contribution in [0.4, 0.5) is 5.69 Å². The molecule has 0 spiro atoms. The fraction of sp³-hybridized carbons (Fsp3) is 0.429. The van der Waals surface area contributed by atoms with E-state index in [9.17, 15) is 14.7 Å². The van der Waals surface area contributed by atoms with Gasteiger partial charge in [0.15, 0.2) is 0 Å². The third kappa shape index (κ3) is 5.13. The average molecular weight is 296 g/mol. The van der Waals surface area contributed by atoms with Crippen LogP contribution in [0.5, 0.6) is 5.75 Å². The lowest BCUT2D eigenvalue weighted by atomic mass is 10.2. The number of benzene rings is 1. The van der Waals surface area contributed by atoms with Crippen LogP contribution in [0.1, 0.15) is 19.8 Å². The molecule has 0 saturated carbocycles. The molecule has 0 radical (unpaired) electrons. The first-order valence-corrected chi connectivity index (χ1v) is 7.85. The topological polar surface area (TPSA) is 78.4 Å². The van der Waals surface area contributed by atoms with Gasteiger partial charge >= 0.3 is 0 Å². The molecule has 20 heavy (non-hydrogen) atoms. The number of amides is 2. The lowest BCUT2D eigenvalue weighted by Gasteiger charge is -2.18. The Morgan fingerprint density at radius 3 is 2.65 bits per heavy atom. The maximum atomic E-state index is 12.2. The molecule has 0 aliphatic rings. The number of aromatic hydroxyl groups is 1. The molecule has 0 aromatic heterocycles. The second-order valence-electron chi connectivity index (χ2n) is 4.26. The van der Waals surface area contributed by atoms with E-state index in [4.69, 9.17) is 0 Å². The predicted octanol–water partition coefficient (Wildman–Crippen LogP) is 1.98. The number of phenols is 1. The van der Waals surface area contributed by atoms with E-state index in [-0.39, 0.29) is 17.6 Å². The van der Waals surface area contributed by atoms with Gasteiger partial charge in [0.25, 0.3) is 0 Å². The number of para-hydroxylation sites is 2. The summed E-state index contributed by atoms with van der Waals surface area (Å²) in [4.78, 5) is 23.6. The van der Waals surface area contributed by atoms with Gasteiger partial charge in [-0.1, -0.05) is 19.1 Å². The molecule has 1 aromatic rings. The second-order valence-corrected chi connectivity index (χ2v) is 5.25. The van der Waals surface area contributed by atoms with Gasteiger partial charge in [0.05, 0.1) is 5.69 Å². The van der Waals surface area contributed by atoms with Gasteiger partial charge in [-0.25, -0.2) is 0 Å². The van der Waals surface area contributed by atoms with E-state index in [0.717, 1.165) is 5.75 Å². The van der Waals surface area contributed by atoms with Crippen molar-refractivity contribution in [2.45, 2.75) is 25.8 Å². The standard InChI is InChI=1S/C14H20N2O3S/c1-3-13(18)15-11(8-9-20-2)14(19)16-10-6-4-5-7-12(10)17/h4-7,11,17H,3,8-9H2,1-2H3,(H,15,18)(H,16,19). The maximum Gasteiger partial charge on any atom is 0.247 e. The normalized spacial score (nSPS) is 11.7. The average Bonchev–Trinajstić information content (AvgIpc) is 2.45. The number of hydrogen-bond acceptors (Lipinski definition) is 4. The first-order valence-electron chi connectivity index (χ1n) is 6.45. The van der Waals surface area contributed by atoms with Gasteiger partial charge in [0.2, 0.25) is 11.8 Å².